The third-order valence-corrected chi connectivity index (χ3v) is 2.08. The quantitative estimate of drug-likeness (QED) is 0.585. The molecule has 0 saturated carbocycles. The van der Waals surface area contributed by atoms with Crippen LogP contribution in [0.1, 0.15) is 23.7 Å². The van der Waals surface area contributed by atoms with E-state index >= 15 is 0 Å². The van der Waals surface area contributed by atoms with Gasteiger partial charge in [-0.25, -0.2) is 0 Å². The molecule has 16 heavy (non-hydrogen) atoms. The van der Waals surface area contributed by atoms with Crippen LogP contribution in [0, 0.1) is 11.3 Å². The number of aromatic nitrogens is 1. The molecule has 0 saturated heterocycles. The normalized spacial score (nSPS) is 9.50. The first kappa shape index (κ1) is 12.0. The summed E-state index contributed by atoms with van der Waals surface area (Å²) >= 11 is 0. The molecule has 0 radical (unpaired) electrons. The number of rotatable bonds is 5. The highest BCUT2D eigenvalue weighted by Gasteiger charge is 2.06. The average molecular weight is 219 g/mol. The van der Waals surface area contributed by atoms with Crippen molar-refractivity contribution in [2.75, 3.05) is 6.54 Å². The molecule has 0 aliphatic carbocycles. The standard InChI is InChI=1S/C11H13N3O2/c1-2-10(15)9-3-6-14(7-9)8-11(16)13-5-4-12/h3,6-7H,2,5,8H2,1H3,(H,13,16). The largest absolute Gasteiger partial charge is 0.344 e. The molecule has 0 aliphatic rings. The Labute approximate surface area is 93.7 Å². The van der Waals surface area contributed by atoms with E-state index in [4.69, 9.17) is 5.26 Å². The predicted molar refractivity (Wildman–Crippen MR) is 57.7 cm³/mol. The van der Waals surface area contributed by atoms with E-state index in [1.54, 1.807) is 30.0 Å². The Morgan fingerprint density at radius 2 is 2.31 bits per heavy atom. The second-order valence-corrected chi connectivity index (χ2v) is 3.28. The SMILES string of the molecule is CCC(=O)c1ccn(CC(=O)NCC#N)c1. The molecule has 84 valence electrons. The summed E-state index contributed by atoms with van der Waals surface area (Å²) in [6.07, 6.45) is 3.76. The molecule has 0 aromatic carbocycles. The Balaban J connectivity index is 2.56. The van der Waals surface area contributed by atoms with Crippen molar-refractivity contribution in [2.45, 2.75) is 19.9 Å². The Kier molecular flexibility index (Phi) is 4.28. The van der Waals surface area contributed by atoms with Crippen molar-refractivity contribution < 1.29 is 9.59 Å². The fraction of sp³-hybridized carbons (Fsp3) is 0.364. The Morgan fingerprint density at radius 3 is 2.94 bits per heavy atom. The van der Waals surface area contributed by atoms with Crippen molar-refractivity contribution >= 4 is 11.7 Å². The van der Waals surface area contributed by atoms with Gasteiger partial charge in [-0.05, 0) is 6.07 Å². The smallest absolute Gasteiger partial charge is 0.240 e. The highest BCUT2D eigenvalue weighted by molar-refractivity contribution is 5.95. The van der Waals surface area contributed by atoms with Gasteiger partial charge in [0.15, 0.2) is 5.78 Å². The number of hydrogen-bond donors (Lipinski definition) is 1. The van der Waals surface area contributed by atoms with Crippen molar-refractivity contribution in [3.05, 3.63) is 24.0 Å². The molecule has 1 aromatic rings. The van der Waals surface area contributed by atoms with Crippen LogP contribution in [-0.2, 0) is 11.3 Å². The maximum Gasteiger partial charge on any atom is 0.240 e. The summed E-state index contributed by atoms with van der Waals surface area (Å²) in [6.45, 7) is 1.92. The Morgan fingerprint density at radius 1 is 1.56 bits per heavy atom. The molecular formula is C11H13N3O2. The first-order valence-corrected chi connectivity index (χ1v) is 5.00. The summed E-state index contributed by atoms with van der Waals surface area (Å²) in [5, 5.41) is 10.7. The number of carbonyl (C=O) groups excluding carboxylic acids is 2. The number of nitriles is 1. The van der Waals surface area contributed by atoms with E-state index in [1.807, 2.05) is 6.07 Å². The summed E-state index contributed by atoms with van der Waals surface area (Å²) in [6, 6.07) is 3.51. The van der Waals surface area contributed by atoms with Crippen LogP contribution in [0.15, 0.2) is 18.5 Å². The minimum Gasteiger partial charge on any atom is -0.344 e. The Hall–Kier alpha value is -2.09. The van der Waals surface area contributed by atoms with Crippen LogP contribution in [0.5, 0.6) is 0 Å². The van der Waals surface area contributed by atoms with Crippen LogP contribution in [0.2, 0.25) is 0 Å². The lowest BCUT2D eigenvalue weighted by molar-refractivity contribution is -0.121. The molecule has 1 N–H and O–H groups in total. The van der Waals surface area contributed by atoms with Gasteiger partial charge in [0.1, 0.15) is 13.1 Å². The predicted octanol–water partition coefficient (Wildman–Crippen LogP) is 0.721. The summed E-state index contributed by atoms with van der Waals surface area (Å²) in [7, 11) is 0. The number of Topliss-reactive ketones (excluding diaryl/α,β-unsaturated/α-hetero) is 1. The molecule has 0 bridgehead atoms. The molecule has 0 unspecified atom stereocenters. The van der Waals surface area contributed by atoms with E-state index in [0.29, 0.717) is 12.0 Å². The van der Waals surface area contributed by atoms with Gasteiger partial charge in [-0.15, -0.1) is 0 Å². The van der Waals surface area contributed by atoms with E-state index in [2.05, 4.69) is 5.32 Å². The molecule has 0 spiro atoms. The molecule has 1 rings (SSSR count). The fourth-order valence-electron chi connectivity index (χ4n) is 1.27. The van der Waals surface area contributed by atoms with Crippen LogP contribution in [0.4, 0.5) is 0 Å². The van der Waals surface area contributed by atoms with E-state index in [9.17, 15) is 9.59 Å². The summed E-state index contributed by atoms with van der Waals surface area (Å²) in [5.74, 6) is -0.191. The van der Waals surface area contributed by atoms with Crippen molar-refractivity contribution in [1.82, 2.24) is 9.88 Å². The summed E-state index contributed by atoms with van der Waals surface area (Å²) in [5.41, 5.74) is 0.607. The number of ketones is 1. The van der Waals surface area contributed by atoms with Gasteiger partial charge in [-0.2, -0.15) is 5.26 Å². The maximum absolute atomic E-state index is 11.3. The number of hydrogen-bond acceptors (Lipinski definition) is 3. The lowest BCUT2D eigenvalue weighted by Gasteiger charge is -2.01. The molecule has 5 heteroatoms. The molecule has 1 aromatic heterocycles. The first-order chi connectivity index (χ1) is 7.67. The summed E-state index contributed by atoms with van der Waals surface area (Å²) in [4.78, 5) is 22.6. The van der Waals surface area contributed by atoms with Crippen LogP contribution in [0.3, 0.4) is 0 Å². The molecule has 5 nitrogen and oxygen atoms in total. The highest BCUT2D eigenvalue weighted by atomic mass is 16.2. The lowest BCUT2D eigenvalue weighted by Crippen LogP contribution is -2.27. The second kappa shape index (κ2) is 5.71. The van der Waals surface area contributed by atoms with Gasteiger partial charge >= 0.3 is 0 Å². The van der Waals surface area contributed by atoms with Gasteiger partial charge in [0.25, 0.3) is 0 Å². The van der Waals surface area contributed by atoms with E-state index in [1.165, 1.54) is 0 Å². The minimum atomic E-state index is -0.243. The van der Waals surface area contributed by atoms with Crippen molar-refractivity contribution in [2.24, 2.45) is 0 Å². The molecular weight excluding hydrogens is 206 g/mol. The topological polar surface area (TPSA) is 74.9 Å². The third kappa shape index (κ3) is 3.24. The number of nitrogens with zero attached hydrogens (tertiary/aromatic N) is 2. The lowest BCUT2D eigenvalue weighted by atomic mass is 10.2. The van der Waals surface area contributed by atoms with Gasteiger partial charge in [-0.1, -0.05) is 6.92 Å². The highest BCUT2D eigenvalue weighted by Crippen LogP contribution is 2.04. The number of carbonyl (C=O) groups is 2. The van der Waals surface area contributed by atoms with E-state index < -0.39 is 0 Å². The number of amides is 1. The van der Waals surface area contributed by atoms with Gasteiger partial charge < -0.3 is 9.88 Å². The molecule has 1 heterocycles. The second-order valence-electron chi connectivity index (χ2n) is 3.28. The number of nitrogens with one attached hydrogen (secondary N) is 1. The van der Waals surface area contributed by atoms with Crippen LogP contribution >= 0.6 is 0 Å². The zero-order valence-corrected chi connectivity index (χ0v) is 9.06. The van der Waals surface area contributed by atoms with Gasteiger partial charge in [0.2, 0.25) is 5.91 Å². The van der Waals surface area contributed by atoms with Crippen LogP contribution < -0.4 is 5.32 Å². The van der Waals surface area contributed by atoms with Crippen molar-refractivity contribution in [3.63, 3.8) is 0 Å². The van der Waals surface area contributed by atoms with Gasteiger partial charge in [0, 0.05) is 24.4 Å². The Bertz CT molecular complexity index is 429. The first-order valence-electron chi connectivity index (χ1n) is 5.00. The molecule has 0 aliphatic heterocycles. The van der Waals surface area contributed by atoms with E-state index in [0.717, 1.165) is 0 Å². The van der Waals surface area contributed by atoms with Gasteiger partial charge in [-0.3, -0.25) is 9.59 Å². The van der Waals surface area contributed by atoms with Crippen molar-refractivity contribution in [3.8, 4) is 6.07 Å². The molecule has 0 fully saturated rings. The summed E-state index contributed by atoms with van der Waals surface area (Å²) < 4.78 is 1.62. The maximum atomic E-state index is 11.3. The van der Waals surface area contributed by atoms with Crippen LogP contribution in [-0.4, -0.2) is 22.8 Å². The van der Waals surface area contributed by atoms with E-state index in [-0.39, 0.29) is 24.8 Å². The molecule has 1 amide bonds. The molecule has 0 atom stereocenters. The van der Waals surface area contributed by atoms with Crippen LogP contribution in [0.25, 0.3) is 0 Å². The fourth-order valence-corrected chi connectivity index (χ4v) is 1.27. The monoisotopic (exact) mass is 219 g/mol. The minimum absolute atomic E-state index is 0.000843. The average Bonchev–Trinajstić information content (AvgIpc) is 2.73. The van der Waals surface area contributed by atoms with Gasteiger partial charge in [0.05, 0.1) is 6.07 Å². The zero-order valence-electron chi connectivity index (χ0n) is 9.06. The van der Waals surface area contributed by atoms with Crippen molar-refractivity contribution in [1.29, 1.82) is 5.26 Å². The zero-order chi connectivity index (χ0) is 12.0. The third-order valence-electron chi connectivity index (χ3n) is 2.08.